The SMILES string of the molecule is O=CO[C@H]1O[C@H](COC(=O)c2ccccc2)[C@@H](OC(=O)c2ccccc2)[C@H](OC(=O)c2ccccc2)[C@@H]1OC(=O)c1ccccc1. The van der Waals surface area contributed by atoms with Gasteiger partial charge in [-0.1, -0.05) is 72.8 Å². The maximum Gasteiger partial charge on any atom is 0.338 e. The van der Waals surface area contributed by atoms with Crippen molar-refractivity contribution in [2.24, 2.45) is 0 Å². The van der Waals surface area contributed by atoms with Gasteiger partial charge in [0.25, 0.3) is 6.47 Å². The predicted octanol–water partition coefficient (Wildman–Crippen LogP) is 4.42. The van der Waals surface area contributed by atoms with Gasteiger partial charge in [-0.15, -0.1) is 0 Å². The maximum absolute atomic E-state index is 13.4. The van der Waals surface area contributed by atoms with Gasteiger partial charge in [0.05, 0.1) is 22.3 Å². The molecule has 0 amide bonds. The van der Waals surface area contributed by atoms with Crippen LogP contribution in [0.15, 0.2) is 121 Å². The lowest BCUT2D eigenvalue weighted by Gasteiger charge is -2.43. The Morgan fingerprint density at radius 3 is 1.30 bits per heavy atom. The molecule has 1 heterocycles. The van der Waals surface area contributed by atoms with Gasteiger partial charge in [-0.25, -0.2) is 19.2 Å². The lowest BCUT2D eigenvalue weighted by Crippen LogP contribution is -2.63. The van der Waals surface area contributed by atoms with Crippen LogP contribution in [0.25, 0.3) is 0 Å². The lowest BCUT2D eigenvalue weighted by molar-refractivity contribution is -0.286. The number of carbonyl (C=O) groups is 5. The zero-order valence-electron chi connectivity index (χ0n) is 24.2. The van der Waals surface area contributed by atoms with Crippen molar-refractivity contribution in [3.8, 4) is 0 Å². The molecule has 46 heavy (non-hydrogen) atoms. The molecule has 1 saturated heterocycles. The van der Waals surface area contributed by atoms with Crippen molar-refractivity contribution >= 4 is 30.3 Å². The van der Waals surface area contributed by atoms with Crippen LogP contribution in [0.1, 0.15) is 41.4 Å². The molecule has 0 N–H and O–H groups in total. The molecule has 4 aromatic carbocycles. The Morgan fingerprint density at radius 1 is 0.522 bits per heavy atom. The third kappa shape index (κ3) is 7.82. The number of rotatable bonds is 11. The highest BCUT2D eigenvalue weighted by atomic mass is 16.7. The molecule has 0 bridgehead atoms. The van der Waals surface area contributed by atoms with Gasteiger partial charge in [0.2, 0.25) is 12.4 Å². The van der Waals surface area contributed by atoms with E-state index in [2.05, 4.69) is 0 Å². The molecule has 1 aliphatic rings. The Labute approximate surface area is 263 Å². The minimum atomic E-state index is -1.66. The molecule has 0 radical (unpaired) electrons. The molecule has 0 spiro atoms. The van der Waals surface area contributed by atoms with Gasteiger partial charge in [0.1, 0.15) is 12.7 Å². The quantitative estimate of drug-likeness (QED) is 0.133. The molecular formula is C35H28O11. The summed E-state index contributed by atoms with van der Waals surface area (Å²) in [4.78, 5) is 64.4. The summed E-state index contributed by atoms with van der Waals surface area (Å²) in [6.07, 6.45) is -7.77. The van der Waals surface area contributed by atoms with Crippen molar-refractivity contribution in [2.75, 3.05) is 6.61 Å². The van der Waals surface area contributed by atoms with E-state index in [0.29, 0.717) is 0 Å². The Bertz CT molecular complexity index is 1630. The third-order valence-corrected chi connectivity index (χ3v) is 6.93. The Hall–Kier alpha value is -5.81. The molecule has 0 unspecified atom stereocenters. The van der Waals surface area contributed by atoms with Crippen LogP contribution in [0.3, 0.4) is 0 Å². The fourth-order valence-corrected chi connectivity index (χ4v) is 4.69. The second-order valence-corrected chi connectivity index (χ2v) is 9.95. The monoisotopic (exact) mass is 624 g/mol. The number of ether oxygens (including phenoxy) is 6. The van der Waals surface area contributed by atoms with Crippen LogP contribution >= 0.6 is 0 Å². The van der Waals surface area contributed by atoms with E-state index in [4.69, 9.17) is 28.4 Å². The van der Waals surface area contributed by atoms with Gasteiger partial charge in [-0.3, -0.25) is 4.79 Å². The van der Waals surface area contributed by atoms with Gasteiger partial charge in [0, 0.05) is 0 Å². The second kappa shape index (κ2) is 15.3. The van der Waals surface area contributed by atoms with Gasteiger partial charge in [0.15, 0.2) is 12.2 Å². The minimum absolute atomic E-state index is 0.0629. The highest BCUT2D eigenvalue weighted by molar-refractivity contribution is 5.91. The summed E-state index contributed by atoms with van der Waals surface area (Å²) in [7, 11) is 0. The van der Waals surface area contributed by atoms with Crippen LogP contribution in [-0.4, -0.2) is 67.7 Å². The number of carbonyl (C=O) groups excluding carboxylic acids is 5. The zero-order valence-corrected chi connectivity index (χ0v) is 24.2. The van der Waals surface area contributed by atoms with E-state index in [0.717, 1.165) is 0 Å². The maximum atomic E-state index is 13.4. The highest BCUT2D eigenvalue weighted by Gasteiger charge is 2.54. The largest absolute Gasteiger partial charge is 0.459 e. The predicted molar refractivity (Wildman–Crippen MR) is 159 cm³/mol. The van der Waals surface area contributed by atoms with Crippen molar-refractivity contribution in [3.05, 3.63) is 144 Å². The number of hydrogen-bond acceptors (Lipinski definition) is 11. The first-order valence-electron chi connectivity index (χ1n) is 14.2. The fraction of sp³-hybridized carbons (Fsp3) is 0.171. The standard InChI is InChI=1S/C35H28O11/c36-22-42-35-30(46-34(40)26-19-11-4-12-20-26)29(45-33(39)25-17-9-3-10-18-25)28(44-32(38)24-15-7-2-8-16-24)27(43-35)21-41-31(37)23-13-5-1-6-14-23/h1-20,22,27-30,35H,21H2/t27-,28-,29+,30+,35+/m1/s1. The number of benzene rings is 4. The van der Waals surface area contributed by atoms with E-state index in [1.54, 1.807) is 84.9 Å². The van der Waals surface area contributed by atoms with Crippen molar-refractivity contribution in [3.63, 3.8) is 0 Å². The molecule has 0 aromatic heterocycles. The Morgan fingerprint density at radius 2 is 0.891 bits per heavy atom. The lowest BCUT2D eigenvalue weighted by atomic mass is 9.97. The average molecular weight is 625 g/mol. The first-order valence-corrected chi connectivity index (χ1v) is 14.2. The van der Waals surface area contributed by atoms with E-state index < -0.39 is 61.2 Å². The second-order valence-electron chi connectivity index (χ2n) is 9.95. The third-order valence-electron chi connectivity index (χ3n) is 6.93. The summed E-state index contributed by atoms with van der Waals surface area (Å²) in [5, 5.41) is 0. The Kier molecular flexibility index (Phi) is 10.5. The van der Waals surface area contributed by atoms with Crippen LogP contribution in [0.5, 0.6) is 0 Å². The number of hydrogen-bond donors (Lipinski definition) is 0. The molecule has 1 aliphatic heterocycles. The van der Waals surface area contributed by atoms with E-state index in [1.165, 1.54) is 36.4 Å². The highest BCUT2D eigenvalue weighted by Crippen LogP contribution is 2.31. The van der Waals surface area contributed by atoms with E-state index >= 15 is 0 Å². The summed E-state index contributed by atoms with van der Waals surface area (Å²) in [5.74, 6) is -3.28. The first-order chi connectivity index (χ1) is 22.4. The van der Waals surface area contributed by atoms with Gasteiger partial charge in [-0.05, 0) is 48.5 Å². The van der Waals surface area contributed by atoms with E-state index in [9.17, 15) is 24.0 Å². The molecule has 11 heteroatoms. The molecule has 0 saturated carbocycles. The van der Waals surface area contributed by atoms with Crippen LogP contribution in [0, 0.1) is 0 Å². The summed E-state index contributed by atoms with van der Waals surface area (Å²) in [6.45, 7) is -0.467. The van der Waals surface area contributed by atoms with Crippen LogP contribution in [-0.2, 0) is 33.2 Å². The minimum Gasteiger partial charge on any atom is -0.459 e. The molecule has 1 fully saturated rings. The van der Waals surface area contributed by atoms with Crippen LogP contribution in [0.2, 0.25) is 0 Å². The van der Waals surface area contributed by atoms with Gasteiger partial charge >= 0.3 is 23.9 Å². The topological polar surface area (TPSA) is 141 Å². The van der Waals surface area contributed by atoms with Gasteiger partial charge in [-0.2, -0.15) is 0 Å². The fourth-order valence-electron chi connectivity index (χ4n) is 4.69. The van der Waals surface area contributed by atoms with Gasteiger partial charge < -0.3 is 28.4 Å². The van der Waals surface area contributed by atoms with E-state index in [-0.39, 0.29) is 28.7 Å². The van der Waals surface area contributed by atoms with Crippen LogP contribution in [0.4, 0.5) is 0 Å². The first kappa shape index (κ1) is 31.6. The zero-order chi connectivity index (χ0) is 32.3. The Balaban J connectivity index is 1.52. The van der Waals surface area contributed by atoms with Crippen molar-refractivity contribution < 1.29 is 52.4 Å². The van der Waals surface area contributed by atoms with Crippen molar-refractivity contribution in [1.29, 1.82) is 0 Å². The molecule has 11 nitrogen and oxygen atoms in total. The smallest absolute Gasteiger partial charge is 0.338 e. The molecular weight excluding hydrogens is 596 g/mol. The van der Waals surface area contributed by atoms with Crippen molar-refractivity contribution in [1.82, 2.24) is 0 Å². The normalized spacial score (nSPS) is 20.4. The van der Waals surface area contributed by atoms with E-state index in [1.807, 2.05) is 0 Å². The molecule has 5 atom stereocenters. The summed E-state index contributed by atoms with van der Waals surface area (Å²) >= 11 is 0. The van der Waals surface area contributed by atoms with Crippen LogP contribution < -0.4 is 0 Å². The molecule has 234 valence electrons. The van der Waals surface area contributed by atoms with Crippen molar-refractivity contribution in [2.45, 2.75) is 30.7 Å². The molecule has 0 aliphatic carbocycles. The summed E-state index contributed by atoms with van der Waals surface area (Å²) < 4.78 is 34.0. The average Bonchev–Trinajstić information content (AvgIpc) is 3.11. The molecule has 4 aromatic rings. The summed E-state index contributed by atoms with van der Waals surface area (Å²) in [6, 6.07) is 31.9. The number of esters is 4. The molecule has 5 rings (SSSR count). The summed E-state index contributed by atoms with van der Waals surface area (Å²) in [5.41, 5.74) is 0.658.